The van der Waals surface area contributed by atoms with E-state index < -0.39 is 0 Å². The van der Waals surface area contributed by atoms with Gasteiger partial charge in [0.05, 0.1) is 11.8 Å². The Morgan fingerprint density at radius 3 is 2.67 bits per heavy atom. The minimum atomic E-state index is -0.334. The molecule has 1 unspecified atom stereocenters. The minimum Gasteiger partial charge on any atom is -0.349 e. The van der Waals surface area contributed by atoms with Crippen molar-refractivity contribution in [1.29, 1.82) is 0 Å². The van der Waals surface area contributed by atoms with Gasteiger partial charge in [-0.2, -0.15) is 0 Å². The maximum atomic E-state index is 13.7. The minimum absolute atomic E-state index is 0.0607. The zero-order valence-electron chi connectivity index (χ0n) is 14.0. The number of rotatable bonds is 6. The number of halogens is 2. The highest BCUT2D eigenvalue weighted by Crippen LogP contribution is 2.24. The Hall–Kier alpha value is -1.52. The van der Waals surface area contributed by atoms with Gasteiger partial charge in [-0.1, -0.05) is 35.9 Å². The Morgan fingerprint density at radius 2 is 2.00 bits per heavy atom. The largest absolute Gasteiger partial charge is 0.349 e. The van der Waals surface area contributed by atoms with Gasteiger partial charge >= 0.3 is 0 Å². The molecule has 0 saturated carbocycles. The van der Waals surface area contributed by atoms with Gasteiger partial charge in [0, 0.05) is 16.3 Å². The van der Waals surface area contributed by atoms with Gasteiger partial charge in [-0.15, -0.1) is 11.8 Å². The van der Waals surface area contributed by atoms with E-state index in [0.717, 1.165) is 5.56 Å². The molecule has 1 amide bonds. The molecule has 0 aliphatic carbocycles. The number of carbonyl (C=O) groups is 1. The van der Waals surface area contributed by atoms with E-state index in [-0.39, 0.29) is 23.5 Å². The van der Waals surface area contributed by atoms with Crippen molar-refractivity contribution in [1.82, 2.24) is 5.32 Å². The van der Waals surface area contributed by atoms with Gasteiger partial charge in [-0.3, -0.25) is 4.79 Å². The summed E-state index contributed by atoms with van der Waals surface area (Å²) >= 11 is 7.33. The van der Waals surface area contributed by atoms with Gasteiger partial charge in [0.15, 0.2) is 0 Å². The molecule has 0 saturated heterocycles. The SMILES string of the molecule is Cc1ccc(C(C)NC(=O)CSCc2c(F)cccc2Cl)cc1C. The predicted octanol–water partition coefficient (Wildman–Crippen LogP) is 5.21. The fourth-order valence-corrected chi connectivity index (χ4v) is 3.49. The first kappa shape index (κ1) is 18.8. The van der Waals surface area contributed by atoms with Crippen molar-refractivity contribution in [2.24, 2.45) is 0 Å². The molecule has 128 valence electrons. The summed E-state index contributed by atoms with van der Waals surface area (Å²) in [6, 6.07) is 10.7. The average Bonchev–Trinajstić information content (AvgIpc) is 2.52. The van der Waals surface area contributed by atoms with Crippen LogP contribution in [-0.2, 0) is 10.5 Å². The van der Waals surface area contributed by atoms with Crippen LogP contribution in [0.2, 0.25) is 5.02 Å². The molecule has 1 N–H and O–H groups in total. The number of benzene rings is 2. The summed E-state index contributed by atoms with van der Waals surface area (Å²) < 4.78 is 13.7. The molecule has 2 rings (SSSR count). The van der Waals surface area contributed by atoms with E-state index >= 15 is 0 Å². The lowest BCUT2D eigenvalue weighted by molar-refractivity contribution is -0.119. The molecule has 24 heavy (non-hydrogen) atoms. The maximum Gasteiger partial charge on any atom is 0.230 e. The fraction of sp³-hybridized carbons (Fsp3) is 0.316. The molecule has 2 nitrogen and oxygen atoms in total. The van der Waals surface area contributed by atoms with Gasteiger partial charge in [-0.05, 0) is 49.6 Å². The van der Waals surface area contributed by atoms with Crippen LogP contribution in [0.4, 0.5) is 4.39 Å². The van der Waals surface area contributed by atoms with Gasteiger partial charge in [0.2, 0.25) is 5.91 Å². The van der Waals surface area contributed by atoms with Crippen molar-refractivity contribution in [2.75, 3.05) is 5.75 Å². The highest BCUT2D eigenvalue weighted by atomic mass is 35.5. The molecule has 0 radical (unpaired) electrons. The van der Waals surface area contributed by atoms with Crippen LogP contribution >= 0.6 is 23.4 Å². The third kappa shape index (κ3) is 4.99. The number of amides is 1. The van der Waals surface area contributed by atoms with Crippen molar-refractivity contribution >= 4 is 29.3 Å². The van der Waals surface area contributed by atoms with Crippen LogP contribution in [0.3, 0.4) is 0 Å². The molecular formula is C19H21ClFNOS. The Kier molecular flexibility index (Phi) is 6.69. The number of nitrogens with one attached hydrogen (secondary N) is 1. The molecule has 5 heteroatoms. The van der Waals surface area contributed by atoms with E-state index in [4.69, 9.17) is 11.6 Å². The van der Waals surface area contributed by atoms with E-state index in [1.54, 1.807) is 12.1 Å². The van der Waals surface area contributed by atoms with Crippen LogP contribution in [0.5, 0.6) is 0 Å². The number of hydrogen-bond acceptors (Lipinski definition) is 2. The molecule has 0 spiro atoms. The lowest BCUT2D eigenvalue weighted by Gasteiger charge is -2.15. The van der Waals surface area contributed by atoms with Gasteiger partial charge in [0.1, 0.15) is 5.82 Å². The summed E-state index contributed by atoms with van der Waals surface area (Å²) in [5, 5.41) is 3.37. The van der Waals surface area contributed by atoms with Crippen LogP contribution in [0.1, 0.15) is 35.2 Å². The lowest BCUT2D eigenvalue weighted by atomic mass is 10.0. The maximum absolute atomic E-state index is 13.7. The van der Waals surface area contributed by atoms with E-state index in [1.165, 1.54) is 29.0 Å². The Balaban J connectivity index is 1.85. The van der Waals surface area contributed by atoms with Gasteiger partial charge < -0.3 is 5.32 Å². The topological polar surface area (TPSA) is 29.1 Å². The third-order valence-electron chi connectivity index (χ3n) is 3.95. The zero-order valence-corrected chi connectivity index (χ0v) is 15.6. The first-order valence-electron chi connectivity index (χ1n) is 7.75. The molecule has 0 aromatic heterocycles. The summed E-state index contributed by atoms with van der Waals surface area (Å²) in [4.78, 5) is 12.1. The summed E-state index contributed by atoms with van der Waals surface area (Å²) in [6.45, 7) is 6.08. The number of thioether (sulfide) groups is 1. The molecule has 2 aromatic rings. The van der Waals surface area contributed by atoms with E-state index in [2.05, 4.69) is 31.3 Å². The van der Waals surface area contributed by atoms with Crippen molar-refractivity contribution in [3.05, 3.63) is 69.5 Å². The van der Waals surface area contributed by atoms with Crippen molar-refractivity contribution < 1.29 is 9.18 Å². The van der Waals surface area contributed by atoms with E-state index in [0.29, 0.717) is 16.3 Å². The average molecular weight is 366 g/mol. The van der Waals surface area contributed by atoms with Gasteiger partial charge in [-0.25, -0.2) is 4.39 Å². The number of aryl methyl sites for hydroxylation is 2. The molecule has 0 heterocycles. The van der Waals surface area contributed by atoms with Crippen molar-refractivity contribution in [2.45, 2.75) is 32.6 Å². The van der Waals surface area contributed by atoms with Crippen molar-refractivity contribution in [3.63, 3.8) is 0 Å². The highest BCUT2D eigenvalue weighted by Gasteiger charge is 2.12. The molecule has 1 atom stereocenters. The highest BCUT2D eigenvalue weighted by molar-refractivity contribution is 7.99. The number of hydrogen-bond donors (Lipinski definition) is 1. The second kappa shape index (κ2) is 8.54. The van der Waals surface area contributed by atoms with Crippen molar-refractivity contribution in [3.8, 4) is 0 Å². The normalized spacial score (nSPS) is 12.0. The summed E-state index contributed by atoms with van der Waals surface area (Å²) in [6.07, 6.45) is 0. The first-order valence-corrected chi connectivity index (χ1v) is 9.29. The summed E-state index contributed by atoms with van der Waals surface area (Å²) in [5.41, 5.74) is 3.96. The summed E-state index contributed by atoms with van der Waals surface area (Å²) in [5.74, 6) is 0.230. The second-order valence-corrected chi connectivity index (χ2v) is 7.22. The molecular weight excluding hydrogens is 345 g/mol. The van der Waals surface area contributed by atoms with E-state index in [1.807, 2.05) is 13.0 Å². The quantitative estimate of drug-likeness (QED) is 0.761. The van der Waals surface area contributed by atoms with Crippen LogP contribution < -0.4 is 5.32 Å². The Bertz CT molecular complexity index is 715. The Morgan fingerprint density at radius 1 is 1.25 bits per heavy atom. The first-order chi connectivity index (χ1) is 11.4. The third-order valence-corrected chi connectivity index (χ3v) is 5.26. The predicted molar refractivity (Wildman–Crippen MR) is 100 cm³/mol. The van der Waals surface area contributed by atoms with Crippen LogP contribution in [0, 0.1) is 19.7 Å². The zero-order chi connectivity index (χ0) is 17.7. The monoisotopic (exact) mass is 365 g/mol. The summed E-state index contributed by atoms with van der Waals surface area (Å²) in [7, 11) is 0. The Labute approximate surface area is 151 Å². The molecule has 0 aliphatic rings. The van der Waals surface area contributed by atoms with Crippen LogP contribution in [0.15, 0.2) is 36.4 Å². The molecule has 0 aliphatic heterocycles. The number of carbonyl (C=O) groups excluding carboxylic acids is 1. The lowest BCUT2D eigenvalue weighted by Crippen LogP contribution is -2.28. The standard InChI is InChI=1S/C19H21ClFNOS/c1-12-7-8-15(9-13(12)2)14(3)22-19(23)11-24-10-16-17(20)5-4-6-18(16)21/h4-9,14H,10-11H2,1-3H3,(H,22,23). The molecule has 2 aromatic carbocycles. The van der Waals surface area contributed by atoms with Gasteiger partial charge in [0.25, 0.3) is 0 Å². The van der Waals surface area contributed by atoms with E-state index in [9.17, 15) is 9.18 Å². The van der Waals surface area contributed by atoms with Crippen LogP contribution in [-0.4, -0.2) is 11.7 Å². The second-order valence-electron chi connectivity index (χ2n) is 5.83. The van der Waals surface area contributed by atoms with Crippen LogP contribution in [0.25, 0.3) is 0 Å². The molecule has 0 fully saturated rings. The smallest absolute Gasteiger partial charge is 0.230 e. The molecule has 0 bridgehead atoms. The fourth-order valence-electron chi connectivity index (χ4n) is 2.32.